The van der Waals surface area contributed by atoms with Crippen LogP contribution in [-0.2, 0) is 4.79 Å². The monoisotopic (exact) mass is 308 g/mol. The van der Waals surface area contributed by atoms with Gasteiger partial charge in [-0.05, 0) is 44.7 Å². The second-order valence-electron chi connectivity index (χ2n) is 6.89. The maximum absolute atomic E-state index is 14.4. The van der Waals surface area contributed by atoms with Gasteiger partial charge in [-0.1, -0.05) is 18.2 Å². The molecular weight excluding hydrogens is 283 g/mol. The van der Waals surface area contributed by atoms with Gasteiger partial charge in [-0.3, -0.25) is 4.79 Å². The van der Waals surface area contributed by atoms with Gasteiger partial charge in [0.15, 0.2) is 0 Å². The highest BCUT2D eigenvalue weighted by molar-refractivity contribution is 5.82. The van der Waals surface area contributed by atoms with Crippen LogP contribution >= 0.6 is 0 Å². The van der Waals surface area contributed by atoms with E-state index in [9.17, 15) is 14.3 Å². The van der Waals surface area contributed by atoms with Gasteiger partial charge >= 0.3 is 0 Å². The smallest absolute Gasteiger partial charge is 0.239 e. The average molecular weight is 308 g/mol. The van der Waals surface area contributed by atoms with Gasteiger partial charge in [0.2, 0.25) is 5.91 Å². The fourth-order valence-electron chi connectivity index (χ4n) is 3.03. The van der Waals surface area contributed by atoms with Gasteiger partial charge < -0.3 is 15.7 Å². The second kappa shape index (κ2) is 6.34. The van der Waals surface area contributed by atoms with E-state index >= 15 is 0 Å². The first-order valence-electron chi connectivity index (χ1n) is 7.71. The summed E-state index contributed by atoms with van der Waals surface area (Å²) in [6, 6.07) is 4.76. The van der Waals surface area contributed by atoms with E-state index in [1.165, 1.54) is 0 Å². The number of aryl methyl sites for hydroxylation is 1. The van der Waals surface area contributed by atoms with Crippen molar-refractivity contribution in [1.29, 1.82) is 0 Å². The summed E-state index contributed by atoms with van der Waals surface area (Å²) in [5.74, 6) is -0.476. The van der Waals surface area contributed by atoms with Gasteiger partial charge in [-0.15, -0.1) is 0 Å². The van der Waals surface area contributed by atoms with Crippen LogP contribution in [0.25, 0.3) is 0 Å². The number of β-amino-alcohol motifs (C(OH)–C–C–N with tert-alkyl or cyclic N) is 1. The minimum atomic E-state index is -1.00. The average Bonchev–Trinajstić information content (AvgIpc) is 2.54. The zero-order valence-corrected chi connectivity index (χ0v) is 13.5. The van der Waals surface area contributed by atoms with Crippen LogP contribution in [0.4, 0.5) is 4.39 Å². The lowest BCUT2D eigenvalue weighted by Gasteiger charge is -2.31. The molecular formula is C17H25FN2O2. The van der Waals surface area contributed by atoms with Crippen molar-refractivity contribution in [2.45, 2.75) is 51.2 Å². The Balaban J connectivity index is 2.29. The van der Waals surface area contributed by atoms with E-state index in [1.807, 2.05) is 6.07 Å². The summed E-state index contributed by atoms with van der Waals surface area (Å²) in [6.07, 6.45) is 1.19. The molecule has 0 unspecified atom stereocenters. The van der Waals surface area contributed by atoms with E-state index in [1.54, 1.807) is 37.8 Å². The number of carbonyl (C=O) groups excluding carboxylic acids is 1. The van der Waals surface area contributed by atoms with E-state index in [0.29, 0.717) is 30.5 Å². The summed E-state index contributed by atoms with van der Waals surface area (Å²) in [7, 11) is 0. The van der Waals surface area contributed by atoms with Gasteiger partial charge in [-0.25, -0.2) is 4.39 Å². The van der Waals surface area contributed by atoms with Crippen molar-refractivity contribution >= 4 is 5.91 Å². The normalized spacial score (nSPS) is 23.5. The molecule has 1 heterocycles. The molecule has 1 amide bonds. The Labute approximate surface area is 131 Å². The first-order valence-corrected chi connectivity index (χ1v) is 7.71. The lowest BCUT2D eigenvalue weighted by atomic mass is 9.92. The van der Waals surface area contributed by atoms with E-state index in [2.05, 4.69) is 0 Å². The molecule has 0 spiro atoms. The molecule has 0 saturated carbocycles. The van der Waals surface area contributed by atoms with Crippen molar-refractivity contribution in [2.75, 3.05) is 13.1 Å². The third-order valence-corrected chi connectivity index (χ3v) is 4.14. The molecule has 1 aromatic carbocycles. The molecule has 22 heavy (non-hydrogen) atoms. The van der Waals surface area contributed by atoms with Crippen LogP contribution in [0.2, 0.25) is 0 Å². The summed E-state index contributed by atoms with van der Waals surface area (Å²) in [5.41, 5.74) is 6.16. The minimum absolute atomic E-state index is 0.0975. The van der Waals surface area contributed by atoms with Gasteiger partial charge in [-0.2, -0.15) is 0 Å². The van der Waals surface area contributed by atoms with Gasteiger partial charge in [0, 0.05) is 19.0 Å². The van der Waals surface area contributed by atoms with Crippen molar-refractivity contribution < 1.29 is 14.3 Å². The zero-order chi connectivity index (χ0) is 16.5. The molecule has 3 N–H and O–H groups in total. The van der Waals surface area contributed by atoms with E-state index in [-0.39, 0.29) is 24.2 Å². The summed E-state index contributed by atoms with van der Waals surface area (Å²) in [5, 5.41) is 10.0. The molecule has 2 atom stereocenters. The molecule has 1 aliphatic heterocycles. The van der Waals surface area contributed by atoms with E-state index in [4.69, 9.17) is 5.73 Å². The second-order valence-corrected chi connectivity index (χ2v) is 6.89. The Morgan fingerprint density at radius 3 is 2.73 bits per heavy atom. The first-order chi connectivity index (χ1) is 10.2. The van der Waals surface area contributed by atoms with Gasteiger partial charge in [0.05, 0.1) is 11.6 Å². The molecule has 122 valence electrons. The number of amides is 1. The van der Waals surface area contributed by atoms with Crippen molar-refractivity contribution in [1.82, 2.24) is 4.90 Å². The number of nitrogens with zero attached hydrogens (tertiary/aromatic N) is 1. The lowest BCUT2D eigenvalue weighted by molar-refractivity contribution is -0.135. The Bertz CT molecular complexity index is 554. The molecule has 0 aromatic heterocycles. The molecule has 0 aliphatic carbocycles. The highest BCUT2D eigenvalue weighted by Gasteiger charge is 2.33. The van der Waals surface area contributed by atoms with Crippen LogP contribution in [0.5, 0.6) is 0 Å². The highest BCUT2D eigenvalue weighted by atomic mass is 19.1. The van der Waals surface area contributed by atoms with Crippen molar-refractivity contribution in [3.8, 4) is 0 Å². The van der Waals surface area contributed by atoms with Crippen LogP contribution in [0.3, 0.4) is 0 Å². The summed E-state index contributed by atoms with van der Waals surface area (Å²) >= 11 is 0. The van der Waals surface area contributed by atoms with E-state index < -0.39 is 11.6 Å². The number of halogens is 1. The van der Waals surface area contributed by atoms with Gasteiger partial charge in [0.1, 0.15) is 5.82 Å². The SMILES string of the molecule is Cc1cccc([C@@H]2CC[C@@H](N)C(=O)N(CC(C)(C)O)C2)c1F. The number of hydrogen-bond acceptors (Lipinski definition) is 3. The number of carbonyl (C=O) groups is 1. The third-order valence-electron chi connectivity index (χ3n) is 4.14. The molecule has 1 fully saturated rings. The predicted molar refractivity (Wildman–Crippen MR) is 84.0 cm³/mol. The van der Waals surface area contributed by atoms with Crippen molar-refractivity contribution in [3.05, 3.63) is 35.1 Å². The largest absolute Gasteiger partial charge is 0.389 e. The van der Waals surface area contributed by atoms with E-state index in [0.717, 1.165) is 0 Å². The standard InChI is InChI=1S/C17H25FN2O2/c1-11-5-4-6-13(15(11)18)12-7-8-14(19)16(21)20(9-12)10-17(2,3)22/h4-6,12,14,22H,7-10,19H2,1-3H3/t12-,14-/m1/s1. The first kappa shape index (κ1) is 16.9. The Kier molecular flexibility index (Phi) is 4.87. The van der Waals surface area contributed by atoms with Crippen LogP contribution in [0, 0.1) is 12.7 Å². The molecule has 0 bridgehead atoms. The van der Waals surface area contributed by atoms with Crippen molar-refractivity contribution in [2.24, 2.45) is 5.73 Å². The molecule has 1 aromatic rings. The number of aliphatic hydroxyl groups is 1. The Morgan fingerprint density at radius 2 is 2.09 bits per heavy atom. The summed E-state index contributed by atoms with van der Waals surface area (Å²) < 4.78 is 14.4. The maximum Gasteiger partial charge on any atom is 0.239 e. The highest BCUT2D eigenvalue weighted by Crippen LogP contribution is 2.30. The number of likely N-dealkylation sites (tertiary alicyclic amines) is 1. The third kappa shape index (κ3) is 3.84. The van der Waals surface area contributed by atoms with Crippen LogP contribution in [0.1, 0.15) is 43.7 Å². The maximum atomic E-state index is 14.4. The van der Waals surface area contributed by atoms with Crippen molar-refractivity contribution in [3.63, 3.8) is 0 Å². The molecule has 4 nitrogen and oxygen atoms in total. The van der Waals surface area contributed by atoms with Crippen LogP contribution < -0.4 is 5.73 Å². The summed E-state index contributed by atoms with van der Waals surface area (Å²) in [6.45, 7) is 5.62. The molecule has 2 rings (SSSR count). The Hall–Kier alpha value is -1.46. The molecule has 5 heteroatoms. The number of benzene rings is 1. The van der Waals surface area contributed by atoms with Gasteiger partial charge in [0.25, 0.3) is 0 Å². The minimum Gasteiger partial charge on any atom is -0.389 e. The lowest BCUT2D eigenvalue weighted by Crippen LogP contribution is -2.48. The predicted octanol–water partition coefficient (Wildman–Crippen LogP) is 1.94. The molecule has 1 saturated heterocycles. The molecule has 1 aliphatic rings. The Morgan fingerprint density at radius 1 is 1.41 bits per heavy atom. The molecule has 0 radical (unpaired) electrons. The topological polar surface area (TPSA) is 66.6 Å². The number of nitrogens with two attached hydrogens (primary N) is 1. The number of hydrogen-bond donors (Lipinski definition) is 2. The van der Waals surface area contributed by atoms with Crippen LogP contribution in [0.15, 0.2) is 18.2 Å². The fraction of sp³-hybridized carbons (Fsp3) is 0.588. The number of rotatable bonds is 3. The quantitative estimate of drug-likeness (QED) is 0.897. The van der Waals surface area contributed by atoms with Crippen LogP contribution in [-0.4, -0.2) is 40.6 Å². The fourth-order valence-corrected chi connectivity index (χ4v) is 3.03. The zero-order valence-electron chi connectivity index (χ0n) is 13.5. The summed E-state index contributed by atoms with van der Waals surface area (Å²) in [4.78, 5) is 13.9.